The van der Waals surface area contributed by atoms with Crippen molar-refractivity contribution in [2.45, 2.75) is 38.6 Å². The largest absolute Gasteiger partial charge is 0.496 e. The lowest BCUT2D eigenvalue weighted by Gasteiger charge is -2.27. The van der Waals surface area contributed by atoms with E-state index in [1.54, 1.807) is 26.0 Å². The van der Waals surface area contributed by atoms with E-state index in [9.17, 15) is 0 Å². The topological polar surface area (TPSA) is 51.9 Å². The molecule has 2 heterocycles. The van der Waals surface area contributed by atoms with Crippen molar-refractivity contribution in [2.24, 2.45) is 11.8 Å². The molecule has 1 aromatic carbocycles. The molecule has 0 unspecified atom stereocenters. The molecular formula is C24H32N4O2S. The van der Waals surface area contributed by atoms with Crippen LogP contribution in [0.4, 0.5) is 5.82 Å². The number of thioether (sulfide) groups is 1. The maximum Gasteiger partial charge on any atom is 0.166 e. The molecule has 0 atom stereocenters. The smallest absolute Gasteiger partial charge is 0.166 e. The second kappa shape index (κ2) is 8.99. The number of ether oxygens (including phenoxy) is 2. The lowest BCUT2D eigenvalue weighted by Crippen LogP contribution is -2.31. The van der Waals surface area contributed by atoms with Gasteiger partial charge >= 0.3 is 0 Å². The molecule has 0 N–H and O–H groups in total. The van der Waals surface area contributed by atoms with Crippen LogP contribution in [0, 0.1) is 18.8 Å². The van der Waals surface area contributed by atoms with Gasteiger partial charge in [-0.3, -0.25) is 9.38 Å². The molecule has 0 saturated heterocycles. The monoisotopic (exact) mass is 440 g/mol. The summed E-state index contributed by atoms with van der Waals surface area (Å²) < 4.78 is 13.6. The van der Waals surface area contributed by atoms with E-state index in [2.05, 4.69) is 29.4 Å². The van der Waals surface area contributed by atoms with E-state index >= 15 is 0 Å². The summed E-state index contributed by atoms with van der Waals surface area (Å²) in [5.74, 6) is 4.00. The van der Waals surface area contributed by atoms with Crippen LogP contribution in [-0.4, -0.2) is 47.9 Å². The van der Waals surface area contributed by atoms with Gasteiger partial charge in [-0.15, -0.1) is 11.8 Å². The summed E-state index contributed by atoms with van der Waals surface area (Å²) in [6.45, 7) is 8.67. The van der Waals surface area contributed by atoms with E-state index in [-0.39, 0.29) is 0 Å². The van der Waals surface area contributed by atoms with Crippen molar-refractivity contribution < 1.29 is 9.47 Å². The predicted molar refractivity (Wildman–Crippen MR) is 128 cm³/mol. The van der Waals surface area contributed by atoms with Crippen LogP contribution in [-0.2, 0) is 0 Å². The summed E-state index contributed by atoms with van der Waals surface area (Å²) in [4.78, 5) is 12.3. The molecule has 0 aliphatic heterocycles. The fourth-order valence-corrected chi connectivity index (χ4v) is 4.71. The van der Waals surface area contributed by atoms with Crippen LogP contribution in [0.15, 0.2) is 29.6 Å². The second-order valence-electron chi connectivity index (χ2n) is 8.70. The van der Waals surface area contributed by atoms with Gasteiger partial charge in [-0.2, -0.15) is 0 Å². The molecule has 31 heavy (non-hydrogen) atoms. The molecule has 1 aliphatic carbocycles. The lowest BCUT2D eigenvalue weighted by molar-refractivity contribution is 0.396. The lowest BCUT2D eigenvalue weighted by atomic mass is 10.1. The minimum absolute atomic E-state index is 0.567. The van der Waals surface area contributed by atoms with Crippen molar-refractivity contribution in [3.05, 3.63) is 30.1 Å². The van der Waals surface area contributed by atoms with Crippen LogP contribution in [0.1, 0.15) is 32.3 Å². The minimum atomic E-state index is 0.567. The zero-order valence-electron chi connectivity index (χ0n) is 19.3. The van der Waals surface area contributed by atoms with Crippen molar-refractivity contribution in [1.29, 1.82) is 0 Å². The van der Waals surface area contributed by atoms with Crippen molar-refractivity contribution >= 4 is 23.2 Å². The van der Waals surface area contributed by atoms with Gasteiger partial charge in [-0.05, 0) is 55.6 Å². The van der Waals surface area contributed by atoms with Crippen LogP contribution in [0.3, 0.4) is 0 Å². The zero-order valence-corrected chi connectivity index (χ0v) is 20.1. The Morgan fingerprint density at radius 1 is 1.19 bits per heavy atom. The first-order valence-corrected chi connectivity index (χ1v) is 12.1. The molecule has 0 radical (unpaired) electrons. The number of hydrogen-bond acceptors (Lipinski definition) is 6. The van der Waals surface area contributed by atoms with E-state index in [0.29, 0.717) is 5.92 Å². The van der Waals surface area contributed by atoms with Crippen molar-refractivity contribution in [2.75, 3.05) is 38.5 Å². The summed E-state index contributed by atoms with van der Waals surface area (Å²) in [5.41, 5.74) is 3.51. The molecule has 0 spiro atoms. The molecule has 0 amide bonds. The van der Waals surface area contributed by atoms with Crippen LogP contribution in [0.2, 0.25) is 0 Å². The molecule has 7 heteroatoms. The first kappa shape index (κ1) is 21.8. The second-order valence-corrected chi connectivity index (χ2v) is 9.50. The summed E-state index contributed by atoms with van der Waals surface area (Å²) in [5, 5.41) is 1.03. The SMILES string of the molecule is COc1cc(C)cc(OC)c1-c1nccn2c(N(CC(C)C)CC3CC3)c(SC)nc12. The fraction of sp³-hybridized carbons (Fsp3) is 0.500. The number of fused-ring (bicyclic) bond motifs is 1. The number of methoxy groups -OCH3 is 2. The molecule has 1 aliphatic rings. The van der Waals surface area contributed by atoms with Gasteiger partial charge in [-0.25, -0.2) is 4.98 Å². The Morgan fingerprint density at radius 3 is 2.42 bits per heavy atom. The zero-order chi connectivity index (χ0) is 22.1. The van der Waals surface area contributed by atoms with Crippen LogP contribution >= 0.6 is 11.8 Å². The third-order valence-electron chi connectivity index (χ3n) is 5.63. The van der Waals surface area contributed by atoms with Gasteiger partial charge in [0, 0.05) is 25.5 Å². The van der Waals surface area contributed by atoms with Gasteiger partial charge in [0.2, 0.25) is 0 Å². The summed E-state index contributed by atoms with van der Waals surface area (Å²) in [6, 6.07) is 4.03. The Labute approximate surface area is 189 Å². The maximum absolute atomic E-state index is 5.72. The maximum atomic E-state index is 5.72. The number of benzene rings is 1. The first-order valence-electron chi connectivity index (χ1n) is 10.9. The number of hydrogen-bond donors (Lipinski definition) is 0. The van der Waals surface area contributed by atoms with E-state index < -0.39 is 0 Å². The highest BCUT2D eigenvalue weighted by atomic mass is 32.2. The van der Waals surface area contributed by atoms with Crippen LogP contribution < -0.4 is 14.4 Å². The normalized spacial score (nSPS) is 13.8. The Balaban J connectivity index is 1.93. The van der Waals surface area contributed by atoms with Crippen molar-refractivity contribution in [1.82, 2.24) is 14.4 Å². The van der Waals surface area contributed by atoms with Gasteiger partial charge in [0.1, 0.15) is 28.0 Å². The van der Waals surface area contributed by atoms with Crippen LogP contribution in [0.5, 0.6) is 11.5 Å². The predicted octanol–water partition coefficient (Wildman–Crippen LogP) is 5.32. The van der Waals surface area contributed by atoms with E-state index in [4.69, 9.17) is 19.4 Å². The number of rotatable bonds is 9. The van der Waals surface area contributed by atoms with Gasteiger partial charge in [-0.1, -0.05) is 13.8 Å². The van der Waals surface area contributed by atoms with Gasteiger partial charge < -0.3 is 14.4 Å². The average Bonchev–Trinajstić information content (AvgIpc) is 3.48. The summed E-state index contributed by atoms with van der Waals surface area (Å²) >= 11 is 1.69. The quantitative estimate of drug-likeness (QED) is 0.420. The number of aryl methyl sites for hydroxylation is 1. The summed E-state index contributed by atoms with van der Waals surface area (Å²) in [6.07, 6.45) is 8.61. The third kappa shape index (κ3) is 4.33. The minimum Gasteiger partial charge on any atom is -0.496 e. The Hall–Kier alpha value is -2.41. The highest BCUT2D eigenvalue weighted by molar-refractivity contribution is 7.98. The average molecular weight is 441 g/mol. The van der Waals surface area contributed by atoms with E-state index in [0.717, 1.165) is 63.8 Å². The Morgan fingerprint density at radius 2 is 1.87 bits per heavy atom. The molecule has 166 valence electrons. The highest BCUT2D eigenvalue weighted by Crippen LogP contribution is 2.42. The molecule has 1 saturated carbocycles. The van der Waals surface area contributed by atoms with E-state index in [1.807, 2.05) is 31.5 Å². The van der Waals surface area contributed by atoms with Gasteiger partial charge in [0.05, 0.1) is 19.8 Å². The number of aromatic nitrogens is 3. The highest BCUT2D eigenvalue weighted by Gasteiger charge is 2.29. The Kier molecular flexibility index (Phi) is 6.32. The molecule has 3 aromatic rings. The molecule has 0 bridgehead atoms. The number of anilines is 1. The van der Waals surface area contributed by atoms with Gasteiger partial charge in [0.25, 0.3) is 0 Å². The standard InChI is InChI=1S/C24H32N4O2S/c1-15(2)13-27(14-17-7-8-17)24-23(31-6)26-22-21(25-9-10-28(22)24)20-18(29-4)11-16(3)12-19(20)30-5/h9-12,15,17H,7-8,13-14H2,1-6H3. The van der Waals surface area contributed by atoms with Gasteiger partial charge in [0.15, 0.2) is 5.65 Å². The van der Waals surface area contributed by atoms with E-state index in [1.165, 1.54) is 12.8 Å². The number of imidazole rings is 1. The molecule has 2 aromatic heterocycles. The van der Waals surface area contributed by atoms with Crippen molar-refractivity contribution in [3.63, 3.8) is 0 Å². The first-order chi connectivity index (χ1) is 15.0. The van der Waals surface area contributed by atoms with Crippen LogP contribution in [0.25, 0.3) is 16.9 Å². The Bertz CT molecular complexity index is 1050. The molecule has 6 nitrogen and oxygen atoms in total. The van der Waals surface area contributed by atoms with Crippen molar-refractivity contribution in [3.8, 4) is 22.8 Å². The summed E-state index contributed by atoms with van der Waals surface area (Å²) in [7, 11) is 3.37. The number of nitrogens with zero attached hydrogens (tertiary/aromatic N) is 4. The molecule has 4 rings (SSSR count). The third-order valence-corrected chi connectivity index (χ3v) is 6.29. The molecule has 1 fully saturated rings. The molecular weight excluding hydrogens is 408 g/mol. The fourth-order valence-electron chi connectivity index (χ4n) is 4.12.